The van der Waals surface area contributed by atoms with Crippen LogP contribution >= 0.6 is 0 Å². The van der Waals surface area contributed by atoms with Crippen LogP contribution in [0.4, 0.5) is 5.82 Å². The third-order valence-corrected chi connectivity index (χ3v) is 5.37. The number of aldehydes is 1. The van der Waals surface area contributed by atoms with Gasteiger partial charge in [0.15, 0.2) is 5.82 Å². The lowest BCUT2D eigenvalue weighted by Crippen LogP contribution is -2.25. The number of methoxy groups -OCH3 is 1. The van der Waals surface area contributed by atoms with E-state index in [1.807, 2.05) is 38.2 Å². The van der Waals surface area contributed by atoms with Crippen LogP contribution in [-0.4, -0.2) is 55.2 Å². The molecule has 0 spiro atoms. The smallest absolute Gasteiger partial charge is 0.151 e. The first-order valence-corrected chi connectivity index (χ1v) is 10.7. The van der Waals surface area contributed by atoms with Gasteiger partial charge in [-0.05, 0) is 76.5 Å². The lowest BCUT2D eigenvalue weighted by molar-refractivity contribution is -0.107. The van der Waals surface area contributed by atoms with Crippen molar-refractivity contribution in [2.24, 2.45) is 0 Å². The van der Waals surface area contributed by atoms with Crippen LogP contribution in [0, 0.1) is 6.92 Å². The molecule has 1 aliphatic rings. The number of nitrogens with zero attached hydrogens (tertiary/aromatic N) is 2. The summed E-state index contributed by atoms with van der Waals surface area (Å²) >= 11 is 0. The third kappa shape index (κ3) is 7.54. The van der Waals surface area contributed by atoms with Gasteiger partial charge in [0.25, 0.3) is 0 Å². The number of rotatable bonds is 8. The molecule has 0 bridgehead atoms. The quantitative estimate of drug-likeness (QED) is 0.498. The maximum Gasteiger partial charge on any atom is 0.151 e. The highest BCUT2D eigenvalue weighted by molar-refractivity contribution is 5.68. The largest absolute Gasteiger partial charge is 0.497 e. The zero-order valence-corrected chi connectivity index (χ0v) is 18.2. The summed E-state index contributed by atoms with van der Waals surface area (Å²) < 4.78 is 5.12. The molecule has 2 aromatic rings. The SMILES string of the molecule is CNc1n[nH]c(-c2ccc(OC)cc2)c1C.O=CCCCCN1CCCCCC1. The fourth-order valence-electron chi connectivity index (χ4n) is 3.60. The first kappa shape index (κ1) is 22.9. The molecule has 1 saturated heterocycles. The second-order valence-corrected chi connectivity index (χ2v) is 7.47. The number of anilines is 1. The third-order valence-electron chi connectivity index (χ3n) is 5.37. The number of ether oxygens (including phenoxy) is 1. The van der Waals surface area contributed by atoms with E-state index in [9.17, 15) is 4.79 Å². The number of carbonyl (C=O) groups is 1. The summed E-state index contributed by atoms with van der Waals surface area (Å²) in [5.41, 5.74) is 3.26. The van der Waals surface area contributed by atoms with Crippen LogP contribution in [0.15, 0.2) is 24.3 Å². The summed E-state index contributed by atoms with van der Waals surface area (Å²) in [5, 5.41) is 10.3. The molecule has 0 amide bonds. The van der Waals surface area contributed by atoms with Crippen molar-refractivity contribution in [1.29, 1.82) is 0 Å². The van der Waals surface area contributed by atoms with Gasteiger partial charge < -0.3 is 19.7 Å². The monoisotopic (exact) mass is 400 g/mol. The summed E-state index contributed by atoms with van der Waals surface area (Å²) in [4.78, 5) is 12.7. The van der Waals surface area contributed by atoms with Gasteiger partial charge in [-0.25, -0.2) is 0 Å². The predicted octanol–water partition coefficient (Wildman–Crippen LogP) is 4.67. The van der Waals surface area contributed by atoms with Crippen molar-refractivity contribution in [2.75, 3.05) is 39.1 Å². The van der Waals surface area contributed by atoms with Crippen LogP contribution < -0.4 is 10.1 Å². The van der Waals surface area contributed by atoms with Crippen LogP contribution in [0.25, 0.3) is 11.3 Å². The number of carbonyl (C=O) groups excluding carboxylic acids is 1. The Morgan fingerprint density at radius 2 is 1.83 bits per heavy atom. The fourth-order valence-corrected chi connectivity index (χ4v) is 3.60. The van der Waals surface area contributed by atoms with Gasteiger partial charge in [-0.1, -0.05) is 12.8 Å². The summed E-state index contributed by atoms with van der Waals surface area (Å²) in [6, 6.07) is 7.90. The highest BCUT2D eigenvalue weighted by Gasteiger charge is 2.09. The zero-order chi connectivity index (χ0) is 20.9. The van der Waals surface area contributed by atoms with Crippen molar-refractivity contribution in [1.82, 2.24) is 15.1 Å². The Labute approximate surface area is 175 Å². The van der Waals surface area contributed by atoms with Crippen molar-refractivity contribution in [3.63, 3.8) is 0 Å². The Hall–Kier alpha value is -2.34. The van der Waals surface area contributed by atoms with E-state index in [2.05, 4.69) is 20.4 Å². The molecule has 1 aromatic carbocycles. The van der Waals surface area contributed by atoms with E-state index < -0.39 is 0 Å². The number of nitrogens with one attached hydrogen (secondary N) is 2. The van der Waals surface area contributed by atoms with Crippen LogP contribution in [0.3, 0.4) is 0 Å². The first-order chi connectivity index (χ1) is 14.2. The average molecular weight is 401 g/mol. The van der Waals surface area contributed by atoms with E-state index in [0.717, 1.165) is 47.5 Å². The molecule has 1 aromatic heterocycles. The maximum atomic E-state index is 10.1. The van der Waals surface area contributed by atoms with E-state index in [1.54, 1.807) is 7.11 Å². The van der Waals surface area contributed by atoms with E-state index in [1.165, 1.54) is 51.7 Å². The van der Waals surface area contributed by atoms with Crippen LogP contribution in [0.2, 0.25) is 0 Å². The molecule has 0 radical (unpaired) electrons. The number of unbranched alkanes of at least 4 members (excludes halogenated alkanes) is 2. The van der Waals surface area contributed by atoms with Crippen molar-refractivity contribution in [2.45, 2.75) is 51.9 Å². The van der Waals surface area contributed by atoms with Crippen LogP contribution in [0.1, 0.15) is 50.5 Å². The number of H-pyrrole nitrogens is 1. The van der Waals surface area contributed by atoms with Crippen molar-refractivity contribution >= 4 is 12.1 Å². The first-order valence-electron chi connectivity index (χ1n) is 10.7. The zero-order valence-electron chi connectivity index (χ0n) is 18.2. The lowest BCUT2D eigenvalue weighted by Gasteiger charge is -2.18. The highest BCUT2D eigenvalue weighted by Crippen LogP contribution is 2.26. The molecule has 6 nitrogen and oxygen atoms in total. The molecule has 0 unspecified atom stereocenters. The van der Waals surface area contributed by atoms with E-state index in [0.29, 0.717) is 0 Å². The minimum absolute atomic E-state index is 0.744. The van der Waals surface area contributed by atoms with Crippen molar-refractivity contribution in [3.8, 4) is 17.0 Å². The molecule has 0 atom stereocenters. The number of benzene rings is 1. The number of hydrogen-bond donors (Lipinski definition) is 2. The minimum atomic E-state index is 0.744. The summed E-state index contributed by atoms with van der Waals surface area (Å²) in [7, 11) is 3.52. The topological polar surface area (TPSA) is 70.2 Å². The summed E-state index contributed by atoms with van der Waals surface area (Å²) in [5.74, 6) is 1.74. The molecule has 1 fully saturated rings. The van der Waals surface area contributed by atoms with Gasteiger partial charge in [0.1, 0.15) is 12.0 Å². The van der Waals surface area contributed by atoms with Gasteiger partial charge >= 0.3 is 0 Å². The maximum absolute atomic E-state index is 10.1. The van der Waals surface area contributed by atoms with Gasteiger partial charge in [0.05, 0.1) is 12.8 Å². The number of aromatic nitrogens is 2. The molecule has 2 N–H and O–H groups in total. The fraction of sp³-hybridized carbons (Fsp3) is 0.565. The standard InChI is InChI=1S/C12H15N3O.C11H21NO/c1-8-11(14-15-12(8)13-2)9-4-6-10(16-3)7-5-9;13-11-7-3-6-10-12-8-4-1-2-5-9-12/h4-7H,1-3H3,(H2,13,14,15);11H,1-10H2. The molecule has 3 rings (SSSR count). The van der Waals surface area contributed by atoms with Gasteiger partial charge in [-0.3, -0.25) is 5.10 Å². The number of aromatic amines is 1. The predicted molar refractivity (Wildman–Crippen MR) is 120 cm³/mol. The Kier molecular flexibility index (Phi) is 10.3. The second kappa shape index (κ2) is 13.0. The minimum Gasteiger partial charge on any atom is -0.497 e. The molecule has 0 aliphatic carbocycles. The Balaban J connectivity index is 0.000000212. The Bertz CT molecular complexity index is 704. The lowest BCUT2D eigenvalue weighted by atomic mass is 10.1. The van der Waals surface area contributed by atoms with E-state index >= 15 is 0 Å². The molecule has 2 heterocycles. The Morgan fingerprint density at radius 3 is 2.38 bits per heavy atom. The summed E-state index contributed by atoms with van der Waals surface area (Å²) in [6.07, 6.45) is 9.59. The Morgan fingerprint density at radius 1 is 1.14 bits per heavy atom. The molecule has 29 heavy (non-hydrogen) atoms. The number of hydrogen-bond acceptors (Lipinski definition) is 5. The van der Waals surface area contributed by atoms with Gasteiger partial charge in [0, 0.05) is 24.6 Å². The molecule has 6 heteroatoms. The average Bonchev–Trinajstić information content (AvgIpc) is 2.95. The van der Waals surface area contributed by atoms with Crippen LogP contribution in [0.5, 0.6) is 5.75 Å². The van der Waals surface area contributed by atoms with Crippen molar-refractivity contribution in [3.05, 3.63) is 29.8 Å². The van der Waals surface area contributed by atoms with Crippen LogP contribution in [-0.2, 0) is 4.79 Å². The molecule has 160 valence electrons. The molecule has 0 saturated carbocycles. The molecular formula is C23H36N4O2. The van der Waals surface area contributed by atoms with Gasteiger partial charge in [0.2, 0.25) is 0 Å². The molecular weight excluding hydrogens is 364 g/mol. The second-order valence-electron chi connectivity index (χ2n) is 7.47. The van der Waals surface area contributed by atoms with E-state index in [4.69, 9.17) is 4.74 Å². The highest BCUT2D eigenvalue weighted by atomic mass is 16.5. The van der Waals surface area contributed by atoms with Gasteiger partial charge in [-0.2, -0.15) is 5.10 Å². The number of likely N-dealkylation sites (tertiary alicyclic amines) is 1. The summed E-state index contributed by atoms with van der Waals surface area (Å²) in [6.45, 7) is 5.80. The van der Waals surface area contributed by atoms with Gasteiger partial charge in [-0.15, -0.1) is 0 Å². The van der Waals surface area contributed by atoms with Crippen molar-refractivity contribution < 1.29 is 9.53 Å². The molecule has 1 aliphatic heterocycles. The normalized spacial score (nSPS) is 14.4. The van der Waals surface area contributed by atoms with E-state index in [-0.39, 0.29) is 0 Å².